The Morgan fingerprint density at radius 2 is 2.23 bits per heavy atom. The summed E-state index contributed by atoms with van der Waals surface area (Å²) in [6.45, 7) is 0.444. The average molecular weight is 176 g/mol. The van der Waals surface area contributed by atoms with Gasteiger partial charge < -0.3 is 11.1 Å². The van der Waals surface area contributed by atoms with Gasteiger partial charge in [0.15, 0.2) is 0 Å². The molecule has 1 aliphatic heterocycles. The zero-order valence-electron chi connectivity index (χ0n) is 7.03. The number of anilines is 1. The maximum atomic E-state index is 11.2. The second-order valence-electron chi connectivity index (χ2n) is 2.95. The third-order valence-electron chi connectivity index (χ3n) is 1.96. The van der Waals surface area contributed by atoms with Crippen LogP contribution in [0.5, 0.6) is 0 Å². The number of nitrogens with zero attached hydrogens (tertiary/aromatic N) is 1. The van der Waals surface area contributed by atoms with Crippen LogP contribution in [0.25, 0.3) is 0 Å². The molecular weight excluding hydrogens is 166 g/mol. The van der Waals surface area contributed by atoms with E-state index < -0.39 is 6.04 Å². The van der Waals surface area contributed by atoms with Crippen molar-refractivity contribution < 1.29 is 4.79 Å². The molecule has 67 valence electrons. The van der Waals surface area contributed by atoms with Crippen LogP contribution in [-0.2, 0) is 4.79 Å². The molecule has 1 aliphatic rings. The van der Waals surface area contributed by atoms with E-state index in [1.165, 1.54) is 0 Å². The number of carbonyl (C=O) groups is 1. The van der Waals surface area contributed by atoms with Gasteiger partial charge in [-0.3, -0.25) is 4.79 Å². The maximum absolute atomic E-state index is 11.2. The van der Waals surface area contributed by atoms with Crippen molar-refractivity contribution in [1.82, 2.24) is 5.32 Å². The minimum absolute atomic E-state index is 0.266. The van der Waals surface area contributed by atoms with Crippen molar-refractivity contribution in [3.05, 3.63) is 24.3 Å². The molecule has 13 heavy (non-hydrogen) atoms. The molecule has 1 amide bonds. The zero-order chi connectivity index (χ0) is 9.26. The molecule has 2 rings (SSSR count). The van der Waals surface area contributed by atoms with Crippen LogP contribution < -0.4 is 16.4 Å². The van der Waals surface area contributed by atoms with E-state index in [2.05, 4.69) is 10.6 Å². The molecule has 4 nitrogen and oxygen atoms in total. The molecule has 0 aliphatic carbocycles. The van der Waals surface area contributed by atoms with Crippen molar-refractivity contribution in [2.24, 2.45) is 5.73 Å². The first kappa shape index (κ1) is 8.07. The van der Waals surface area contributed by atoms with E-state index in [0.29, 0.717) is 12.2 Å². The van der Waals surface area contributed by atoms with Gasteiger partial charge in [0.1, 0.15) is 6.04 Å². The van der Waals surface area contributed by atoms with Gasteiger partial charge in [0.05, 0.1) is 11.4 Å². The topological polar surface area (TPSA) is 69.2 Å². The Balaban J connectivity index is 2.35. The van der Waals surface area contributed by atoms with Gasteiger partial charge in [-0.25, -0.2) is 5.32 Å². The summed E-state index contributed by atoms with van der Waals surface area (Å²) in [4.78, 5) is 11.2. The lowest BCUT2D eigenvalue weighted by atomic mass is 10.2. The highest BCUT2D eigenvalue weighted by Gasteiger charge is 2.20. The Labute approximate surface area is 76.1 Å². The molecule has 1 aromatic rings. The van der Waals surface area contributed by atoms with Gasteiger partial charge in [-0.2, -0.15) is 0 Å². The van der Waals surface area contributed by atoms with Crippen LogP contribution in [0.2, 0.25) is 0 Å². The standard InChI is InChI=1S/C9H10N3O/c10-6-5-11-7-3-1-2-4-8(7)12-9(6)13/h1-4,6,11H,5,10H2. The quantitative estimate of drug-likeness (QED) is 0.593. The molecule has 0 fully saturated rings. The predicted molar refractivity (Wildman–Crippen MR) is 49.7 cm³/mol. The molecule has 1 radical (unpaired) electrons. The fourth-order valence-corrected chi connectivity index (χ4v) is 1.23. The monoisotopic (exact) mass is 176 g/mol. The fourth-order valence-electron chi connectivity index (χ4n) is 1.23. The highest BCUT2D eigenvalue weighted by Crippen LogP contribution is 2.22. The summed E-state index contributed by atoms with van der Waals surface area (Å²) >= 11 is 0. The lowest BCUT2D eigenvalue weighted by molar-refractivity contribution is -0.121. The molecule has 3 N–H and O–H groups in total. The molecule has 4 heteroatoms. The van der Waals surface area contributed by atoms with Crippen LogP contribution in [0.3, 0.4) is 0 Å². The van der Waals surface area contributed by atoms with Gasteiger partial charge in [0.2, 0.25) is 0 Å². The third kappa shape index (κ3) is 1.48. The number of para-hydroxylation sites is 2. The zero-order valence-corrected chi connectivity index (χ0v) is 7.03. The van der Waals surface area contributed by atoms with Crippen LogP contribution in [0.1, 0.15) is 0 Å². The van der Waals surface area contributed by atoms with Gasteiger partial charge in [-0.1, -0.05) is 12.1 Å². The summed E-state index contributed by atoms with van der Waals surface area (Å²) in [6, 6.07) is 6.87. The summed E-state index contributed by atoms with van der Waals surface area (Å²) < 4.78 is 0. The first-order chi connectivity index (χ1) is 6.27. The normalized spacial score (nSPS) is 21.0. The number of benzene rings is 1. The van der Waals surface area contributed by atoms with Gasteiger partial charge in [-0.15, -0.1) is 0 Å². The molecule has 0 spiro atoms. The number of hydrogen-bond donors (Lipinski definition) is 2. The molecular formula is C9H10N3O. The van der Waals surface area contributed by atoms with Gasteiger partial charge in [0, 0.05) is 6.54 Å². The van der Waals surface area contributed by atoms with Crippen molar-refractivity contribution in [2.75, 3.05) is 11.9 Å². The van der Waals surface area contributed by atoms with Crippen LogP contribution in [0.4, 0.5) is 11.4 Å². The predicted octanol–water partition coefficient (Wildman–Crippen LogP) is 0.202. The molecule has 0 saturated heterocycles. The summed E-state index contributed by atoms with van der Waals surface area (Å²) in [5.41, 5.74) is 7.08. The van der Waals surface area contributed by atoms with Gasteiger partial charge in [-0.05, 0) is 12.1 Å². The molecule has 1 aromatic carbocycles. The van der Waals surface area contributed by atoms with Crippen LogP contribution in [-0.4, -0.2) is 18.5 Å². The highest BCUT2D eigenvalue weighted by atomic mass is 16.2. The van der Waals surface area contributed by atoms with Crippen molar-refractivity contribution in [2.45, 2.75) is 6.04 Å². The average Bonchev–Trinajstić information content (AvgIpc) is 2.28. The van der Waals surface area contributed by atoms with Crippen LogP contribution >= 0.6 is 0 Å². The summed E-state index contributed by atoms with van der Waals surface area (Å²) in [7, 11) is 0. The van der Waals surface area contributed by atoms with Crippen molar-refractivity contribution >= 4 is 17.3 Å². The number of carbonyl (C=O) groups excluding carboxylic acids is 1. The number of rotatable bonds is 0. The van der Waals surface area contributed by atoms with Gasteiger partial charge >= 0.3 is 0 Å². The summed E-state index contributed by atoms with van der Waals surface area (Å²) in [6.07, 6.45) is 0. The van der Waals surface area contributed by atoms with E-state index in [0.717, 1.165) is 5.69 Å². The van der Waals surface area contributed by atoms with E-state index >= 15 is 0 Å². The van der Waals surface area contributed by atoms with E-state index in [9.17, 15) is 4.79 Å². The second-order valence-corrected chi connectivity index (χ2v) is 2.95. The molecule has 0 bridgehead atoms. The number of hydrogen-bond acceptors (Lipinski definition) is 3. The Hall–Kier alpha value is -1.55. The maximum Gasteiger partial charge on any atom is 0.265 e. The van der Waals surface area contributed by atoms with Crippen molar-refractivity contribution in [1.29, 1.82) is 0 Å². The molecule has 1 unspecified atom stereocenters. The van der Waals surface area contributed by atoms with E-state index in [1.807, 2.05) is 18.2 Å². The smallest absolute Gasteiger partial charge is 0.265 e. The Morgan fingerprint density at radius 1 is 1.46 bits per heavy atom. The number of fused-ring (bicyclic) bond motifs is 1. The largest absolute Gasteiger partial charge is 0.381 e. The van der Waals surface area contributed by atoms with Crippen LogP contribution in [0.15, 0.2) is 24.3 Å². The van der Waals surface area contributed by atoms with Gasteiger partial charge in [0.25, 0.3) is 5.91 Å². The molecule has 0 aromatic heterocycles. The first-order valence-corrected chi connectivity index (χ1v) is 4.11. The second kappa shape index (κ2) is 3.06. The third-order valence-corrected chi connectivity index (χ3v) is 1.96. The van der Waals surface area contributed by atoms with E-state index in [-0.39, 0.29) is 5.91 Å². The SMILES string of the molecule is NC1CNc2ccccc2[N]C1=O. The minimum Gasteiger partial charge on any atom is -0.381 e. The Morgan fingerprint density at radius 3 is 3.08 bits per heavy atom. The summed E-state index contributed by atoms with van der Waals surface area (Å²) in [5, 5.41) is 6.96. The lowest BCUT2D eigenvalue weighted by Crippen LogP contribution is -2.38. The fraction of sp³-hybridized carbons (Fsp3) is 0.222. The number of nitrogens with two attached hydrogens (primary N) is 1. The number of amides is 1. The highest BCUT2D eigenvalue weighted by molar-refractivity contribution is 5.90. The van der Waals surface area contributed by atoms with Crippen LogP contribution in [0, 0.1) is 0 Å². The molecule has 1 atom stereocenters. The number of nitrogens with one attached hydrogen (secondary N) is 1. The Kier molecular flexibility index (Phi) is 1.90. The van der Waals surface area contributed by atoms with E-state index in [1.54, 1.807) is 6.07 Å². The first-order valence-electron chi connectivity index (χ1n) is 4.11. The van der Waals surface area contributed by atoms with Crippen molar-refractivity contribution in [3.8, 4) is 0 Å². The lowest BCUT2D eigenvalue weighted by Gasteiger charge is -2.04. The molecule has 0 saturated carbocycles. The minimum atomic E-state index is -0.535. The Bertz CT molecular complexity index is 337. The van der Waals surface area contributed by atoms with Crippen molar-refractivity contribution in [3.63, 3.8) is 0 Å². The molecule has 1 heterocycles. The van der Waals surface area contributed by atoms with E-state index in [4.69, 9.17) is 5.73 Å². The summed E-state index contributed by atoms with van der Waals surface area (Å²) in [5.74, 6) is -0.266.